The van der Waals surface area contributed by atoms with Gasteiger partial charge in [0.05, 0.1) is 6.54 Å². The maximum Gasteiger partial charge on any atom is 0.233 e. The molecule has 1 unspecified atom stereocenters. The second-order valence-corrected chi connectivity index (χ2v) is 5.35. The zero-order valence-corrected chi connectivity index (χ0v) is 10.7. The van der Waals surface area contributed by atoms with Crippen molar-refractivity contribution in [1.29, 1.82) is 0 Å². The number of likely N-dealkylation sites (N-methyl/N-ethyl adjacent to an activating group) is 1. The van der Waals surface area contributed by atoms with Gasteiger partial charge in [0.2, 0.25) is 5.91 Å². The lowest BCUT2D eigenvalue weighted by Crippen LogP contribution is -2.38. The van der Waals surface area contributed by atoms with Crippen molar-refractivity contribution in [3.05, 3.63) is 35.4 Å². The van der Waals surface area contributed by atoms with Gasteiger partial charge in [-0.05, 0) is 23.0 Å². The molecule has 0 radical (unpaired) electrons. The third-order valence-corrected chi connectivity index (χ3v) is 3.54. The molecule has 1 aliphatic rings. The van der Waals surface area contributed by atoms with Crippen molar-refractivity contribution in [1.82, 2.24) is 10.6 Å². The lowest BCUT2D eigenvalue weighted by molar-refractivity contribution is -0.120. The molecule has 2 N–H and O–H groups in total. The highest BCUT2D eigenvalue weighted by Gasteiger charge is 2.38. The quantitative estimate of drug-likeness (QED) is 0.832. The fourth-order valence-corrected chi connectivity index (χ4v) is 2.66. The van der Waals surface area contributed by atoms with E-state index < -0.39 is 0 Å². The molecule has 1 aromatic rings. The average molecular weight is 232 g/mol. The van der Waals surface area contributed by atoms with Gasteiger partial charge in [-0.1, -0.05) is 38.1 Å². The number of nitrogens with one attached hydrogen (secondary N) is 2. The highest BCUT2D eigenvalue weighted by atomic mass is 16.1. The molecule has 3 nitrogen and oxygen atoms in total. The molecule has 0 spiro atoms. The van der Waals surface area contributed by atoms with Crippen molar-refractivity contribution in [3.63, 3.8) is 0 Å². The summed E-state index contributed by atoms with van der Waals surface area (Å²) in [5, 5.41) is 6.01. The molecule has 0 aromatic heterocycles. The van der Waals surface area contributed by atoms with Crippen molar-refractivity contribution in [2.75, 3.05) is 13.6 Å². The summed E-state index contributed by atoms with van der Waals surface area (Å²) in [6.07, 6.45) is 1.06. The average Bonchev–Trinajstić information content (AvgIpc) is 2.56. The molecule has 1 aliphatic carbocycles. The number of rotatable bonds is 3. The van der Waals surface area contributed by atoms with Gasteiger partial charge in [0.25, 0.3) is 0 Å². The Kier molecular flexibility index (Phi) is 3.20. The molecule has 0 heterocycles. The van der Waals surface area contributed by atoms with Crippen LogP contribution in [-0.2, 0) is 11.2 Å². The van der Waals surface area contributed by atoms with Crippen LogP contribution in [0.25, 0.3) is 0 Å². The predicted molar refractivity (Wildman–Crippen MR) is 68.7 cm³/mol. The number of amides is 1. The summed E-state index contributed by atoms with van der Waals surface area (Å²) in [5.41, 5.74) is 2.89. The first kappa shape index (κ1) is 12.1. The van der Waals surface area contributed by atoms with Crippen LogP contribution in [0.15, 0.2) is 24.3 Å². The molecule has 17 heavy (non-hydrogen) atoms. The van der Waals surface area contributed by atoms with Gasteiger partial charge in [-0.2, -0.15) is 0 Å². The van der Waals surface area contributed by atoms with Crippen LogP contribution in [0.4, 0.5) is 0 Å². The Bertz CT molecular complexity index is 426. The maximum atomic E-state index is 11.3. The largest absolute Gasteiger partial charge is 0.358 e. The Morgan fingerprint density at radius 3 is 2.82 bits per heavy atom. The summed E-state index contributed by atoms with van der Waals surface area (Å²) in [4.78, 5) is 11.3. The van der Waals surface area contributed by atoms with Gasteiger partial charge in [-0.15, -0.1) is 0 Å². The number of fused-ring (bicyclic) bond motifs is 1. The van der Waals surface area contributed by atoms with E-state index in [1.807, 2.05) is 0 Å². The summed E-state index contributed by atoms with van der Waals surface area (Å²) in [5.74, 6) is 0.0326. The van der Waals surface area contributed by atoms with Gasteiger partial charge in [0.1, 0.15) is 0 Å². The van der Waals surface area contributed by atoms with Crippen LogP contribution in [-0.4, -0.2) is 19.5 Å². The Morgan fingerprint density at radius 2 is 2.12 bits per heavy atom. The summed E-state index contributed by atoms with van der Waals surface area (Å²) in [6.45, 7) is 4.86. The SMILES string of the molecule is CNC(=O)CNC1c2ccccc2CC1(C)C. The summed E-state index contributed by atoms with van der Waals surface area (Å²) >= 11 is 0. The number of carbonyl (C=O) groups excluding carboxylic acids is 1. The number of hydrogen-bond acceptors (Lipinski definition) is 2. The molecular formula is C14H20N2O. The van der Waals surface area contributed by atoms with Gasteiger partial charge in [0.15, 0.2) is 0 Å². The molecule has 1 atom stereocenters. The van der Waals surface area contributed by atoms with E-state index in [1.54, 1.807) is 7.05 Å². The van der Waals surface area contributed by atoms with Gasteiger partial charge in [-0.3, -0.25) is 4.79 Å². The molecule has 0 fully saturated rings. The van der Waals surface area contributed by atoms with Gasteiger partial charge < -0.3 is 10.6 Å². The van der Waals surface area contributed by atoms with Crippen molar-refractivity contribution >= 4 is 5.91 Å². The summed E-state index contributed by atoms with van der Waals surface area (Å²) in [7, 11) is 1.66. The molecule has 0 aliphatic heterocycles. The molecule has 0 saturated carbocycles. The molecule has 1 aromatic carbocycles. The monoisotopic (exact) mass is 232 g/mol. The molecule has 3 heteroatoms. The van der Waals surface area contributed by atoms with E-state index in [2.05, 4.69) is 48.7 Å². The Balaban J connectivity index is 2.17. The van der Waals surface area contributed by atoms with Crippen LogP contribution in [0.1, 0.15) is 31.0 Å². The Hall–Kier alpha value is -1.35. The van der Waals surface area contributed by atoms with Gasteiger partial charge in [0, 0.05) is 13.1 Å². The van der Waals surface area contributed by atoms with Gasteiger partial charge in [-0.25, -0.2) is 0 Å². The van der Waals surface area contributed by atoms with Crippen molar-refractivity contribution in [3.8, 4) is 0 Å². The second kappa shape index (κ2) is 4.49. The first-order valence-corrected chi connectivity index (χ1v) is 6.06. The fraction of sp³-hybridized carbons (Fsp3) is 0.500. The molecule has 0 saturated heterocycles. The normalized spacial score (nSPS) is 21.0. The smallest absolute Gasteiger partial charge is 0.233 e. The van der Waals surface area contributed by atoms with Gasteiger partial charge >= 0.3 is 0 Å². The van der Waals surface area contributed by atoms with E-state index in [1.165, 1.54) is 11.1 Å². The van der Waals surface area contributed by atoms with Crippen molar-refractivity contribution < 1.29 is 4.79 Å². The first-order valence-electron chi connectivity index (χ1n) is 6.06. The molecular weight excluding hydrogens is 212 g/mol. The summed E-state index contributed by atoms with van der Waals surface area (Å²) < 4.78 is 0. The van der Waals surface area contributed by atoms with Crippen LogP contribution in [0, 0.1) is 5.41 Å². The van der Waals surface area contributed by atoms with E-state index in [0.29, 0.717) is 6.54 Å². The second-order valence-electron chi connectivity index (χ2n) is 5.35. The topological polar surface area (TPSA) is 41.1 Å². The number of carbonyl (C=O) groups is 1. The molecule has 92 valence electrons. The van der Waals surface area contributed by atoms with Crippen LogP contribution in [0.3, 0.4) is 0 Å². The van der Waals surface area contributed by atoms with E-state index >= 15 is 0 Å². The lowest BCUT2D eigenvalue weighted by Gasteiger charge is -2.28. The van der Waals surface area contributed by atoms with E-state index in [4.69, 9.17) is 0 Å². The lowest BCUT2D eigenvalue weighted by atomic mass is 9.85. The maximum absolute atomic E-state index is 11.3. The van der Waals surface area contributed by atoms with Crippen LogP contribution in [0.5, 0.6) is 0 Å². The molecule has 0 bridgehead atoms. The minimum Gasteiger partial charge on any atom is -0.358 e. The standard InChI is InChI=1S/C14H20N2O/c1-14(2)8-10-6-4-5-7-11(10)13(14)16-9-12(17)15-3/h4-7,13,16H,8-9H2,1-3H3,(H,15,17). The summed E-state index contributed by atoms with van der Waals surface area (Å²) in [6, 6.07) is 8.74. The van der Waals surface area contributed by atoms with Crippen LogP contribution in [0.2, 0.25) is 0 Å². The third-order valence-electron chi connectivity index (χ3n) is 3.54. The number of benzene rings is 1. The minimum absolute atomic E-state index is 0.0326. The third kappa shape index (κ3) is 2.34. The van der Waals surface area contributed by atoms with Crippen molar-refractivity contribution in [2.24, 2.45) is 5.41 Å². The molecule has 2 rings (SSSR count). The molecule has 1 amide bonds. The highest BCUT2D eigenvalue weighted by Crippen LogP contribution is 2.44. The minimum atomic E-state index is 0.0326. The van der Waals surface area contributed by atoms with Crippen LogP contribution < -0.4 is 10.6 Å². The zero-order chi connectivity index (χ0) is 12.5. The first-order chi connectivity index (χ1) is 8.04. The van der Waals surface area contributed by atoms with Crippen LogP contribution >= 0.6 is 0 Å². The van der Waals surface area contributed by atoms with E-state index in [-0.39, 0.29) is 17.4 Å². The fourth-order valence-electron chi connectivity index (χ4n) is 2.66. The Morgan fingerprint density at radius 1 is 1.41 bits per heavy atom. The highest BCUT2D eigenvalue weighted by molar-refractivity contribution is 5.77. The zero-order valence-electron chi connectivity index (χ0n) is 10.7. The van der Waals surface area contributed by atoms with E-state index in [9.17, 15) is 4.79 Å². The number of hydrogen-bond donors (Lipinski definition) is 2. The Labute approximate surface area is 103 Å². The van der Waals surface area contributed by atoms with Crippen molar-refractivity contribution in [2.45, 2.75) is 26.3 Å². The predicted octanol–water partition coefficient (Wildman–Crippen LogP) is 1.65. The van der Waals surface area contributed by atoms with E-state index in [0.717, 1.165) is 6.42 Å².